The molecule has 0 radical (unpaired) electrons. The molecule has 1 fully saturated rings. The van der Waals surface area contributed by atoms with Crippen molar-refractivity contribution in [2.45, 2.75) is 32.6 Å². The molecule has 3 rings (SSSR count). The number of rotatable bonds is 4. The molecule has 1 N–H and O–H groups in total. The molecule has 0 bridgehead atoms. The summed E-state index contributed by atoms with van der Waals surface area (Å²) in [5, 5.41) is 7.27. The number of carbonyl (C=O) groups excluding carboxylic acids is 1. The molecule has 2 aromatic rings. The molecule has 1 atom stereocenters. The zero-order chi connectivity index (χ0) is 17.8. The minimum absolute atomic E-state index is 0.101. The fourth-order valence-electron chi connectivity index (χ4n) is 3.44. The van der Waals surface area contributed by atoms with Gasteiger partial charge in [-0.25, -0.2) is 4.98 Å². The first-order valence-electron chi connectivity index (χ1n) is 8.85. The molecule has 25 heavy (non-hydrogen) atoms. The van der Waals surface area contributed by atoms with Crippen molar-refractivity contribution in [1.29, 1.82) is 0 Å². The molecule has 3 heterocycles. The third-order valence-corrected chi connectivity index (χ3v) is 4.84. The Labute approximate surface area is 148 Å². The molecule has 1 amide bonds. The molecule has 2 aromatic heterocycles. The van der Waals surface area contributed by atoms with Gasteiger partial charge in [-0.3, -0.25) is 14.5 Å². The fourth-order valence-corrected chi connectivity index (χ4v) is 3.44. The quantitative estimate of drug-likeness (QED) is 0.920. The van der Waals surface area contributed by atoms with Gasteiger partial charge in [0.25, 0.3) is 5.91 Å². The van der Waals surface area contributed by atoms with Gasteiger partial charge in [-0.15, -0.1) is 0 Å². The first-order valence-corrected chi connectivity index (χ1v) is 8.85. The maximum Gasteiger partial charge on any atom is 0.257 e. The first kappa shape index (κ1) is 17.4. The zero-order valence-corrected chi connectivity index (χ0v) is 15.2. The number of amides is 1. The molecular weight excluding hydrogens is 316 g/mol. The van der Waals surface area contributed by atoms with Crippen LogP contribution in [0.3, 0.4) is 0 Å². The lowest BCUT2D eigenvalue weighted by molar-refractivity contribution is 0.0759. The van der Waals surface area contributed by atoms with E-state index in [4.69, 9.17) is 0 Å². The standard InChI is InChI=1S/C18H26N6O/c1-13-16(12-23(3)22-13)18(25)24-7-4-5-14(6-8-24)9-15-10-21-17(19-2)11-20-15/h10-12,14H,4-9H2,1-3H3,(H,19,21)/t14-/m0/s1. The third-order valence-electron chi connectivity index (χ3n) is 4.84. The smallest absolute Gasteiger partial charge is 0.257 e. The second-order valence-corrected chi connectivity index (χ2v) is 6.74. The lowest BCUT2D eigenvalue weighted by Gasteiger charge is -2.20. The third kappa shape index (κ3) is 4.15. The van der Waals surface area contributed by atoms with E-state index in [0.29, 0.717) is 5.92 Å². The average Bonchev–Trinajstić information content (AvgIpc) is 2.81. The molecule has 0 spiro atoms. The number of nitrogens with one attached hydrogen (secondary N) is 1. The Morgan fingerprint density at radius 2 is 2.12 bits per heavy atom. The van der Waals surface area contributed by atoms with Crippen LogP contribution in [-0.4, -0.2) is 50.7 Å². The number of aromatic nitrogens is 4. The number of aryl methyl sites for hydroxylation is 2. The van der Waals surface area contributed by atoms with Crippen molar-refractivity contribution >= 4 is 11.7 Å². The van der Waals surface area contributed by atoms with Crippen molar-refractivity contribution in [3.63, 3.8) is 0 Å². The van der Waals surface area contributed by atoms with Gasteiger partial charge < -0.3 is 10.2 Å². The highest BCUT2D eigenvalue weighted by atomic mass is 16.2. The summed E-state index contributed by atoms with van der Waals surface area (Å²) in [7, 11) is 3.69. The summed E-state index contributed by atoms with van der Waals surface area (Å²) in [6, 6.07) is 0. The normalized spacial score (nSPS) is 18.0. The van der Waals surface area contributed by atoms with E-state index >= 15 is 0 Å². The van der Waals surface area contributed by atoms with Crippen LogP contribution in [0.1, 0.15) is 41.0 Å². The van der Waals surface area contributed by atoms with Crippen LogP contribution in [-0.2, 0) is 13.5 Å². The van der Waals surface area contributed by atoms with Crippen molar-refractivity contribution in [3.05, 3.63) is 35.5 Å². The highest BCUT2D eigenvalue weighted by Crippen LogP contribution is 2.22. The van der Waals surface area contributed by atoms with Crippen LogP contribution in [0.4, 0.5) is 5.82 Å². The first-order chi connectivity index (χ1) is 12.1. The van der Waals surface area contributed by atoms with Crippen LogP contribution < -0.4 is 5.32 Å². The van der Waals surface area contributed by atoms with Gasteiger partial charge >= 0.3 is 0 Å². The summed E-state index contributed by atoms with van der Waals surface area (Å²) >= 11 is 0. The van der Waals surface area contributed by atoms with E-state index in [1.165, 1.54) is 0 Å². The highest BCUT2D eigenvalue weighted by molar-refractivity contribution is 5.95. The number of nitrogens with zero attached hydrogens (tertiary/aromatic N) is 5. The molecule has 0 aromatic carbocycles. The molecule has 1 saturated heterocycles. The van der Waals surface area contributed by atoms with Gasteiger partial charge in [0, 0.05) is 33.4 Å². The van der Waals surface area contributed by atoms with Gasteiger partial charge in [0.15, 0.2) is 0 Å². The van der Waals surface area contributed by atoms with E-state index < -0.39 is 0 Å². The largest absolute Gasteiger partial charge is 0.372 e. The lowest BCUT2D eigenvalue weighted by atomic mass is 9.95. The Bertz CT molecular complexity index is 724. The summed E-state index contributed by atoms with van der Waals surface area (Å²) in [6.45, 7) is 3.50. The Morgan fingerprint density at radius 3 is 2.76 bits per heavy atom. The van der Waals surface area contributed by atoms with Crippen LogP contribution in [0.2, 0.25) is 0 Å². The molecule has 0 unspecified atom stereocenters. The maximum absolute atomic E-state index is 12.8. The van der Waals surface area contributed by atoms with Gasteiger partial charge in [-0.05, 0) is 38.5 Å². The van der Waals surface area contributed by atoms with E-state index in [2.05, 4.69) is 20.4 Å². The number of anilines is 1. The second-order valence-electron chi connectivity index (χ2n) is 6.74. The van der Waals surface area contributed by atoms with Gasteiger partial charge in [0.05, 0.1) is 29.3 Å². The van der Waals surface area contributed by atoms with Gasteiger partial charge in [0.2, 0.25) is 0 Å². The van der Waals surface area contributed by atoms with Crippen molar-refractivity contribution < 1.29 is 4.79 Å². The van der Waals surface area contributed by atoms with Gasteiger partial charge in [-0.2, -0.15) is 5.10 Å². The maximum atomic E-state index is 12.8. The molecule has 1 aliphatic rings. The number of likely N-dealkylation sites (tertiary alicyclic amines) is 1. The van der Waals surface area contributed by atoms with Crippen LogP contribution in [0.25, 0.3) is 0 Å². The van der Waals surface area contributed by atoms with Crippen LogP contribution in [0.15, 0.2) is 18.6 Å². The van der Waals surface area contributed by atoms with E-state index in [1.807, 2.05) is 38.3 Å². The number of carbonyl (C=O) groups is 1. The minimum atomic E-state index is 0.101. The molecule has 7 heteroatoms. The van der Waals surface area contributed by atoms with Crippen molar-refractivity contribution in [1.82, 2.24) is 24.6 Å². The number of hydrogen-bond acceptors (Lipinski definition) is 5. The van der Waals surface area contributed by atoms with Crippen molar-refractivity contribution in [2.24, 2.45) is 13.0 Å². The summed E-state index contributed by atoms with van der Waals surface area (Å²) in [4.78, 5) is 23.5. The van der Waals surface area contributed by atoms with E-state index in [0.717, 1.165) is 61.5 Å². The van der Waals surface area contributed by atoms with Crippen LogP contribution in [0.5, 0.6) is 0 Å². The second kappa shape index (κ2) is 7.63. The summed E-state index contributed by atoms with van der Waals surface area (Å²) < 4.78 is 1.71. The Kier molecular flexibility index (Phi) is 5.31. The molecule has 0 saturated carbocycles. The van der Waals surface area contributed by atoms with E-state index in [1.54, 1.807) is 10.9 Å². The molecular formula is C18H26N6O. The lowest BCUT2D eigenvalue weighted by Crippen LogP contribution is -2.32. The molecule has 134 valence electrons. The average molecular weight is 342 g/mol. The molecule has 1 aliphatic heterocycles. The summed E-state index contributed by atoms with van der Waals surface area (Å²) in [5.41, 5.74) is 2.54. The Balaban J connectivity index is 1.60. The summed E-state index contributed by atoms with van der Waals surface area (Å²) in [5.74, 6) is 1.43. The monoisotopic (exact) mass is 342 g/mol. The SMILES string of the molecule is CNc1cnc(C[C@H]2CCCN(C(=O)c3cn(C)nc3C)CC2)cn1. The molecule has 0 aliphatic carbocycles. The Morgan fingerprint density at radius 1 is 1.28 bits per heavy atom. The van der Waals surface area contributed by atoms with Gasteiger partial charge in [0.1, 0.15) is 5.82 Å². The van der Waals surface area contributed by atoms with Crippen molar-refractivity contribution in [2.75, 3.05) is 25.5 Å². The van der Waals surface area contributed by atoms with Crippen LogP contribution >= 0.6 is 0 Å². The number of hydrogen-bond donors (Lipinski definition) is 1. The Hall–Kier alpha value is -2.44. The van der Waals surface area contributed by atoms with E-state index in [9.17, 15) is 4.79 Å². The van der Waals surface area contributed by atoms with Gasteiger partial charge in [-0.1, -0.05) is 0 Å². The van der Waals surface area contributed by atoms with E-state index in [-0.39, 0.29) is 5.91 Å². The molecule has 7 nitrogen and oxygen atoms in total. The fraction of sp³-hybridized carbons (Fsp3) is 0.556. The minimum Gasteiger partial charge on any atom is -0.372 e. The predicted octanol–water partition coefficient (Wildman–Crippen LogP) is 2.05. The zero-order valence-electron chi connectivity index (χ0n) is 15.2. The van der Waals surface area contributed by atoms with Crippen molar-refractivity contribution in [3.8, 4) is 0 Å². The highest BCUT2D eigenvalue weighted by Gasteiger charge is 2.24. The topological polar surface area (TPSA) is 75.9 Å². The summed E-state index contributed by atoms with van der Waals surface area (Å²) in [6.07, 6.45) is 9.50. The predicted molar refractivity (Wildman–Crippen MR) is 96.5 cm³/mol. The van der Waals surface area contributed by atoms with Crippen LogP contribution in [0, 0.1) is 12.8 Å².